The Morgan fingerprint density at radius 2 is 2.00 bits per heavy atom. The molecular formula is C20H16Cl2N2O. The Balaban J connectivity index is 1.87. The minimum atomic E-state index is -0.0449. The maximum Gasteiger partial charge on any atom is 0.159 e. The Bertz CT molecular complexity index is 978. The van der Waals surface area contributed by atoms with Crippen LogP contribution >= 0.6 is 23.2 Å². The second-order valence-corrected chi connectivity index (χ2v) is 7.03. The first kappa shape index (κ1) is 16.4. The van der Waals surface area contributed by atoms with Gasteiger partial charge in [-0.2, -0.15) is 0 Å². The molecule has 0 amide bonds. The van der Waals surface area contributed by atoms with Gasteiger partial charge in [-0.25, -0.2) is 0 Å². The minimum absolute atomic E-state index is 0.0449. The van der Waals surface area contributed by atoms with Crippen molar-refractivity contribution < 1.29 is 4.79 Å². The zero-order chi connectivity index (χ0) is 17.6. The zero-order valence-electron chi connectivity index (χ0n) is 13.6. The molecule has 0 fully saturated rings. The Labute approximate surface area is 156 Å². The van der Waals surface area contributed by atoms with Gasteiger partial charge < -0.3 is 9.88 Å². The average molecular weight is 371 g/mol. The SMILES string of the molecule is CC(=O)c1cccc(C2NCc3c(Cl)cc(Cl)cc3-n3cccc32)c1. The lowest BCUT2D eigenvalue weighted by atomic mass is 10.00. The van der Waals surface area contributed by atoms with Crippen molar-refractivity contribution in [3.05, 3.63) is 87.2 Å². The van der Waals surface area contributed by atoms with Crippen molar-refractivity contribution in [2.45, 2.75) is 19.5 Å². The van der Waals surface area contributed by atoms with Crippen molar-refractivity contribution in [3.63, 3.8) is 0 Å². The maximum atomic E-state index is 11.7. The molecule has 4 rings (SSSR count). The fraction of sp³-hybridized carbons (Fsp3) is 0.150. The summed E-state index contributed by atoms with van der Waals surface area (Å²) in [5.41, 5.74) is 4.82. The van der Waals surface area contributed by atoms with E-state index in [1.54, 1.807) is 13.0 Å². The van der Waals surface area contributed by atoms with Crippen molar-refractivity contribution in [2.75, 3.05) is 0 Å². The number of carbonyl (C=O) groups is 1. The van der Waals surface area contributed by atoms with Gasteiger partial charge in [0.2, 0.25) is 0 Å². The topological polar surface area (TPSA) is 34.0 Å². The van der Waals surface area contributed by atoms with Gasteiger partial charge in [0.1, 0.15) is 0 Å². The highest BCUT2D eigenvalue weighted by Gasteiger charge is 2.24. The quantitative estimate of drug-likeness (QED) is 0.630. The Morgan fingerprint density at radius 3 is 2.80 bits per heavy atom. The van der Waals surface area contributed by atoms with Crippen molar-refractivity contribution in [2.24, 2.45) is 0 Å². The van der Waals surface area contributed by atoms with Crippen LogP contribution in [0.4, 0.5) is 0 Å². The lowest BCUT2D eigenvalue weighted by molar-refractivity contribution is 0.101. The van der Waals surface area contributed by atoms with E-state index < -0.39 is 0 Å². The minimum Gasteiger partial charge on any atom is -0.319 e. The summed E-state index contributed by atoms with van der Waals surface area (Å²) >= 11 is 12.7. The highest BCUT2D eigenvalue weighted by Crippen LogP contribution is 2.35. The van der Waals surface area contributed by atoms with E-state index in [0.717, 1.165) is 22.5 Å². The Morgan fingerprint density at radius 1 is 1.16 bits per heavy atom. The molecule has 2 heterocycles. The number of nitrogens with one attached hydrogen (secondary N) is 1. The molecule has 1 atom stereocenters. The van der Waals surface area contributed by atoms with Crippen LogP contribution in [0.5, 0.6) is 0 Å². The third-order valence-corrected chi connectivity index (χ3v) is 5.14. The number of nitrogens with zero attached hydrogens (tertiary/aromatic N) is 1. The monoisotopic (exact) mass is 370 g/mol. The van der Waals surface area contributed by atoms with Crippen LogP contribution in [0.1, 0.15) is 40.1 Å². The fourth-order valence-electron chi connectivity index (χ4n) is 3.36. The first-order valence-electron chi connectivity index (χ1n) is 8.04. The van der Waals surface area contributed by atoms with Crippen LogP contribution in [0.15, 0.2) is 54.7 Å². The number of aromatic nitrogens is 1. The molecule has 2 aromatic carbocycles. The van der Waals surface area contributed by atoms with Gasteiger partial charge in [-0.05, 0) is 42.8 Å². The molecule has 25 heavy (non-hydrogen) atoms. The normalized spacial score (nSPS) is 16.0. The molecule has 0 radical (unpaired) electrons. The van der Waals surface area contributed by atoms with Gasteiger partial charge in [-0.15, -0.1) is 0 Å². The summed E-state index contributed by atoms with van der Waals surface area (Å²) in [6.45, 7) is 2.20. The van der Waals surface area contributed by atoms with E-state index in [0.29, 0.717) is 22.2 Å². The third kappa shape index (κ3) is 2.89. The molecule has 0 spiro atoms. The second kappa shape index (κ2) is 6.34. The lowest BCUT2D eigenvalue weighted by Crippen LogP contribution is -2.21. The standard InChI is InChI=1S/C20H16Cl2N2O/c1-12(25)13-4-2-5-14(8-13)20-18-6-3-7-24(18)19-10-15(21)9-17(22)16(19)11-23-20/h2-10,20,23H,11H2,1H3. The van der Waals surface area contributed by atoms with Crippen LogP contribution in [0.2, 0.25) is 10.0 Å². The largest absolute Gasteiger partial charge is 0.319 e. The summed E-state index contributed by atoms with van der Waals surface area (Å²) in [7, 11) is 0. The van der Waals surface area contributed by atoms with Crippen molar-refractivity contribution in [3.8, 4) is 5.69 Å². The van der Waals surface area contributed by atoms with E-state index in [1.807, 2.05) is 42.6 Å². The van der Waals surface area contributed by atoms with Gasteiger partial charge in [-0.3, -0.25) is 4.79 Å². The van der Waals surface area contributed by atoms with Gasteiger partial charge >= 0.3 is 0 Å². The number of hydrogen-bond acceptors (Lipinski definition) is 2. The van der Waals surface area contributed by atoms with Crippen molar-refractivity contribution in [1.82, 2.24) is 9.88 Å². The highest BCUT2D eigenvalue weighted by molar-refractivity contribution is 6.35. The Hall–Kier alpha value is -2.07. The molecule has 1 unspecified atom stereocenters. The van der Waals surface area contributed by atoms with E-state index in [2.05, 4.69) is 16.0 Å². The smallest absolute Gasteiger partial charge is 0.159 e. The molecule has 1 aromatic heterocycles. The molecule has 0 bridgehead atoms. The lowest BCUT2D eigenvalue weighted by Gasteiger charge is -2.18. The summed E-state index contributed by atoms with van der Waals surface area (Å²) in [5.74, 6) is 0.0592. The average Bonchev–Trinajstić information content (AvgIpc) is 3.00. The van der Waals surface area contributed by atoms with Gasteiger partial charge in [0.25, 0.3) is 0 Å². The molecule has 5 heteroatoms. The van der Waals surface area contributed by atoms with Crippen LogP contribution in [-0.4, -0.2) is 10.4 Å². The molecule has 1 N–H and O–H groups in total. The zero-order valence-corrected chi connectivity index (χ0v) is 15.1. The molecule has 1 aliphatic heterocycles. The molecule has 0 saturated carbocycles. The van der Waals surface area contributed by atoms with Gasteiger partial charge in [0.05, 0.1) is 11.7 Å². The van der Waals surface area contributed by atoms with E-state index >= 15 is 0 Å². The summed E-state index contributed by atoms with van der Waals surface area (Å²) < 4.78 is 2.11. The molecule has 0 saturated heterocycles. The molecule has 3 aromatic rings. The number of halogens is 2. The predicted molar refractivity (Wildman–Crippen MR) is 101 cm³/mol. The van der Waals surface area contributed by atoms with Crippen LogP contribution in [0, 0.1) is 0 Å². The highest BCUT2D eigenvalue weighted by atomic mass is 35.5. The fourth-order valence-corrected chi connectivity index (χ4v) is 3.91. The van der Waals surface area contributed by atoms with Gasteiger partial charge in [0, 0.05) is 39.6 Å². The van der Waals surface area contributed by atoms with Crippen LogP contribution in [0.3, 0.4) is 0 Å². The predicted octanol–water partition coefficient (Wildman–Crippen LogP) is 5.18. The van der Waals surface area contributed by atoms with E-state index in [1.165, 1.54) is 0 Å². The first-order valence-corrected chi connectivity index (χ1v) is 8.80. The number of ketones is 1. The molecule has 0 aliphatic carbocycles. The number of benzene rings is 2. The number of carbonyl (C=O) groups excluding carboxylic acids is 1. The van der Waals surface area contributed by atoms with E-state index in [-0.39, 0.29) is 11.8 Å². The molecule has 3 nitrogen and oxygen atoms in total. The number of Topliss-reactive ketones (excluding diaryl/α,β-unsaturated/α-hetero) is 1. The third-order valence-electron chi connectivity index (χ3n) is 4.58. The number of rotatable bonds is 2. The first-order chi connectivity index (χ1) is 12.0. The van der Waals surface area contributed by atoms with Crippen LogP contribution in [0.25, 0.3) is 5.69 Å². The summed E-state index contributed by atoms with van der Waals surface area (Å²) in [6.07, 6.45) is 2.01. The number of fused-ring (bicyclic) bond motifs is 3. The maximum absolute atomic E-state index is 11.7. The Kier molecular flexibility index (Phi) is 4.16. The summed E-state index contributed by atoms with van der Waals surface area (Å²) in [4.78, 5) is 11.7. The van der Waals surface area contributed by atoms with Gasteiger partial charge in [-0.1, -0.05) is 41.4 Å². The van der Waals surface area contributed by atoms with Crippen molar-refractivity contribution >= 4 is 29.0 Å². The van der Waals surface area contributed by atoms with Crippen LogP contribution in [-0.2, 0) is 6.54 Å². The molecular weight excluding hydrogens is 355 g/mol. The summed E-state index contributed by atoms with van der Waals surface area (Å²) in [5, 5.41) is 4.82. The van der Waals surface area contributed by atoms with E-state index in [9.17, 15) is 4.79 Å². The number of hydrogen-bond donors (Lipinski definition) is 1. The van der Waals surface area contributed by atoms with Crippen molar-refractivity contribution in [1.29, 1.82) is 0 Å². The van der Waals surface area contributed by atoms with E-state index in [4.69, 9.17) is 23.2 Å². The molecule has 1 aliphatic rings. The van der Waals surface area contributed by atoms with Gasteiger partial charge in [0.15, 0.2) is 5.78 Å². The molecule has 126 valence electrons. The van der Waals surface area contributed by atoms with Crippen LogP contribution < -0.4 is 5.32 Å². The summed E-state index contributed by atoms with van der Waals surface area (Å²) in [6, 6.07) is 15.5. The second-order valence-electron chi connectivity index (χ2n) is 6.18.